The molecule has 1 heterocycles. The van der Waals surface area contributed by atoms with Crippen molar-refractivity contribution < 1.29 is 9.53 Å². The molecule has 3 aromatic rings. The van der Waals surface area contributed by atoms with Crippen molar-refractivity contribution in [1.29, 1.82) is 0 Å². The van der Waals surface area contributed by atoms with E-state index in [9.17, 15) is 4.79 Å². The van der Waals surface area contributed by atoms with E-state index < -0.39 is 0 Å². The number of pyridine rings is 1. The van der Waals surface area contributed by atoms with Crippen LogP contribution in [0.2, 0.25) is 5.02 Å². The molecule has 1 amide bonds. The summed E-state index contributed by atoms with van der Waals surface area (Å²) in [6.45, 7) is 0.788. The van der Waals surface area contributed by atoms with Gasteiger partial charge in [-0.15, -0.1) is 0 Å². The van der Waals surface area contributed by atoms with Crippen LogP contribution in [0.25, 0.3) is 0 Å². The third kappa shape index (κ3) is 5.99. The quantitative estimate of drug-likeness (QED) is 0.586. The van der Waals surface area contributed by atoms with Crippen molar-refractivity contribution >= 4 is 29.0 Å². The third-order valence-electron chi connectivity index (χ3n) is 4.21. The number of hydrogen-bond acceptors (Lipinski definition) is 4. The molecular weight excluding hydrogens is 374 g/mol. The van der Waals surface area contributed by atoms with Gasteiger partial charge in [0, 0.05) is 11.6 Å². The van der Waals surface area contributed by atoms with Crippen LogP contribution in [0.3, 0.4) is 0 Å². The van der Waals surface area contributed by atoms with Crippen LogP contribution in [0.1, 0.15) is 11.1 Å². The van der Waals surface area contributed by atoms with Crippen molar-refractivity contribution in [2.45, 2.75) is 12.8 Å². The molecule has 6 heteroatoms. The Balaban J connectivity index is 1.44. The highest BCUT2D eigenvalue weighted by atomic mass is 35.5. The molecule has 5 nitrogen and oxygen atoms in total. The average molecular weight is 396 g/mol. The molecule has 0 aliphatic rings. The zero-order valence-electron chi connectivity index (χ0n) is 15.6. The van der Waals surface area contributed by atoms with E-state index in [0.717, 1.165) is 30.0 Å². The lowest BCUT2D eigenvalue weighted by molar-refractivity contribution is -0.115. The zero-order chi connectivity index (χ0) is 19.8. The molecule has 0 atom stereocenters. The number of nitrogens with one attached hydrogen (secondary N) is 2. The minimum absolute atomic E-state index is 0.116. The number of methoxy groups -OCH3 is 1. The van der Waals surface area contributed by atoms with Gasteiger partial charge >= 0.3 is 0 Å². The molecular formula is C22H22ClN3O2. The fourth-order valence-corrected chi connectivity index (χ4v) is 2.82. The van der Waals surface area contributed by atoms with Crippen molar-refractivity contribution in [3.8, 4) is 5.75 Å². The molecule has 0 unspecified atom stereocenters. The van der Waals surface area contributed by atoms with E-state index in [0.29, 0.717) is 10.8 Å². The smallest absolute Gasteiger partial charge is 0.229 e. The number of benzene rings is 2. The minimum Gasteiger partial charge on any atom is -0.497 e. The van der Waals surface area contributed by atoms with Crippen LogP contribution < -0.4 is 15.4 Å². The molecule has 144 valence electrons. The Kier molecular flexibility index (Phi) is 6.87. The fourth-order valence-electron chi connectivity index (χ4n) is 2.69. The summed E-state index contributed by atoms with van der Waals surface area (Å²) in [6.07, 6.45) is 2.89. The van der Waals surface area contributed by atoms with Gasteiger partial charge in [-0.3, -0.25) is 4.79 Å². The number of rotatable bonds is 8. The molecule has 0 aliphatic heterocycles. The largest absolute Gasteiger partial charge is 0.497 e. The van der Waals surface area contributed by atoms with Gasteiger partial charge in [0.1, 0.15) is 11.6 Å². The molecule has 3 rings (SSSR count). The maximum absolute atomic E-state index is 12.1. The predicted octanol–water partition coefficient (Wildman–Crippen LogP) is 4.58. The van der Waals surface area contributed by atoms with E-state index in [2.05, 4.69) is 27.8 Å². The zero-order valence-corrected chi connectivity index (χ0v) is 16.4. The van der Waals surface area contributed by atoms with Crippen molar-refractivity contribution in [3.05, 3.63) is 83.0 Å². The molecule has 1 aromatic heterocycles. The Morgan fingerprint density at radius 3 is 2.36 bits per heavy atom. The minimum atomic E-state index is -0.116. The third-order valence-corrected chi connectivity index (χ3v) is 4.46. The Labute approximate surface area is 169 Å². The number of carbonyl (C=O) groups is 1. The van der Waals surface area contributed by atoms with Crippen LogP contribution >= 0.6 is 11.6 Å². The van der Waals surface area contributed by atoms with Gasteiger partial charge < -0.3 is 15.4 Å². The maximum atomic E-state index is 12.1. The van der Waals surface area contributed by atoms with Gasteiger partial charge in [-0.25, -0.2) is 4.98 Å². The Morgan fingerprint density at radius 2 is 1.71 bits per heavy atom. The first-order valence-corrected chi connectivity index (χ1v) is 9.37. The summed E-state index contributed by atoms with van der Waals surface area (Å²) in [5, 5.41) is 6.78. The standard InChI is InChI=1S/C22H22ClN3O2/c1-28-20-9-4-16(5-10-20)12-13-24-19-8-11-21(25-15-19)26-22(27)14-17-2-6-18(23)7-3-17/h2-11,15,24H,12-14H2,1H3,(H,25,26,27). The van der Waals surface area contributed by atoms with Crippen molar-refractivity contribution in [3.63, 3.8) is 0 Å². The van der Waals surface area contributed by atoms with Crippen molar-refractivity contribution in [1.82, 2.24) is 4.98 Å². The molecule has 2 aromatic carbocycles. The summed E-state index contributed by atoms with van der Waals surface area (Å²) in [5.41, 5.74) is 3.04. The van der Waals surface area contributed by atoms with Gasteiger partial charge in [0.15, 0.2) is 0 Å². The van der Waals surface area contributed by atoms with Crippen LogP contribution in [0, 0.1) is 0 Å². The Bertz CT molecular complexity index is 895. The molecule has 2 N–H and O–H groups in total. The van der Waals surface area contributed by atoms with Gasteiger partial charge in [-0.05, 0) is 53.9 Å². The van der Waals surface area contributed by atoms with Crippen LogP contribution in [0.5, 0.6) is 5.75 Å². The molecule has 0 saturated heterocycles. The highest BCUT2D eigenvalue weighted by molar-refractivity contribution is 6.30. The second-order valence-corrected chi connectivity index (χ2v) is 6.74. The highest BCUT2D eigenvalue weighted by Crippen LogP contribution is 2.14. The molecule has 0 bridgehead atoms. The molecule has 0 aliphatic carbocycles. The number of anilines is 2. The Hall–Kier alpha value is -3.05. The SMILES string of the molecule is COc1ccc(CCNc2ccc(NC(=O)Cc3ccc(Cl)cc3)nc2)cc1. The van der Waals surface area contributed by atoms with Gasteiger partial charge in [-0.1, -0.05) is 35.9 Å². The Morgan fingerprint density at radius 1 is 1.00 bits per heavy atom. The summed E-state index contributed by atoms with van der Waals surface area (Å²) >= 11 is 5.85. The lowest BCUT2D eigenvalue weighted by Gasteiger charge is -2.09. The summed E-state index contributed by atoms with van der Waals surface area (Å²) < 4.78 is 5.16. The van der Waals surface area contributed by atoms with Gasteiger partial charge in [0.2, 0.25) is 5.91 Å². The number of hydrogen-bond donors (Lipinski definition) is 2. The lowest BCUT2D eigenvalue weighted by atomic mass is 10.1. The summed E-state index contributed by atoms with van der Waals surface area (Å²) in [7, 11) is 1.66. The summed E-state index contributed by atoms with van der Waals surface area (Å²) in [5.74, 6) is 1.27. The van der Waals surface area contributed by atoms with E-state index >= 15 is 0 Å². The maximum Gasteiger partial charge on any atom is 0.229 e. The second kappa shape index (κ2) is 9.76. The number of nitrogens with zero attached hydrogens (tertiary/aromatic N) is 1. The highest BCUT2D eigenvalue weighted by Gasteiger charge is 2.05. The number of carbonyl (C=O) groups excluding carboxylic acids is 1. The van der Waals surface area contributed by atoms with Crippen LogP contribution in [-0.4, -0.2) is 24.5 Å². The fraction of sp³-hybridized carbons (Fsp3) is 0.182. The van der Waals surface area contributed by atoms with E-state index in [4.69, 9.17) is 16.3 Å². The molecule has 0 radical (unpaired) electrons. The van der Waals surface area contributed by atoms with E-state index in [-0.39, 0.29) is 12.3 Å². The summed E-state index contributed by atoms with van der Waals surface area (Å²) in [6, 6.07) is 18.9. The average Bonchev–Trinajstić information content (AvgIpc) is 2.71. The van der Waals surface area contributed by atoms with Crippen LogP contribution in [-0.2, 0) is 17.6 Å². The molecule has 0 fully saturated rings. The lowest BCUT2D eigenvalue weighted by Crippen LogP contribution is -2.15. The molecule has 28 heavy (non-hydrogen) atoms. The van der Waals surface area contributed by atoms with E-state index in [1.807, 2.05) is 30.3 Å². The van der Waals surface area contributed by atoms with Crippen molar-refractivity contribution in [2.75, 3.05) is 24.3 Å². The molecule has 0 spiro atoms. The first-order valence-electron chi connectivity index (χ1n) is 8.99. The normalized spacial score (nSPS) is 10.4. The number of aromatic nitrogens is 1. The van der Waals surface area contributed by atoms with E-state index in [1.165, 1.54) is 5.56 Å². The van der Waals surface area contributed by atoms with Gasteiger partial charge in [-0.2, -0.15) is 0 Å². The molecule has 0 saturated carbocycles. The van der Waals surface area contributed by atoms with Crippen LogP contribution in [0.15, 0.2) is 66.9 Å². The monoisotopic (exact) mass is 395 g/mol. The number of halogens is 1. The first kappa shape index (κ1) is 19.7. The van der Waals surface area contributed by atoms with E-state index in [1.54, 1.807) is 31.5 Å². The predicted molar refractivity (Wildman–Crippen MR) is 113 cm³/mol. The van der Waals surface area contributed by atoms with Gasteiger partial charge in [0.05, 0.1) is 25.4 Å². The summed E-state index contributed by atoms with van der Waals surface area (Å²) in [4.78, 5) is 16.4. The number of ether oxygens (including phenoxy) is 1. The van der Waals surface area contributed by atoms with Crippen LogP contribution in [0.4, 0.5) is 11.5 Å². The second-order valence-electron chi connectivity index (χ2n) is 6.31. The topological polar surface area (TPSA) is 63.2 Å². The van der Waals surface area contributed by atoms with Crippen molar-refractivity contribution in [2.24, 2.45) is 0 Å². The number of amides is 1. The van der Waals surface area contributed by atoms with Gasteiger partial charge in [0.25, 0.3) is 0 Å². The first-order chi connectivity index (χ1) is 13.6.